The monoisotopic (exact) mass is 601 g/mol. The molecule has 0 aromatic heterocycles. The van der Waals surface area contributed by atoms with Crippen molar-refractivity contribution >= 4 is 6.08 Å². The molecule has 3 aromatic rings. The second-order valence-electron chi connectivity index (χ2n) is 13.8. The molecule has 1 atom stereocenters. The molecule has 0 amide bonds. The lowest BCUT2D eigenvalue weighted by atomic mass is 9.83. The van der Waals surface area contributed by atoms with Gasteiger partial charge in [0, 0.05) is 23.9 Å². The Morgan fingerprint density at radius 1 is 0.911 bits per heavy atom. The minimum absolute atomic E-state index is 0.204. The van der Waals surface area contributed by atoms with Crippen molar-refractivity contribution in [3.63, 3.8) is 0 Å². The lowest BCUT2D eigenvalue weighted by Crippen LogP contribution is -2.27. The number of hydrogen-bond donors (Lipinski definition) is 2. The maximum absolute atomic E-state index is 9.08. The van der Waals surface area contributed by atoms with Gasteiger partial charge >= 0.3 is 0 Å². The lowest BCUT2D eigenvalue weighted by molar-refractivity contribution is 0.396. The number of rotatable bonds is 14. The molecule has 3 heteroatoms. The molecule has 0 spiro atoms. The van der Waals surface area contributed by atoms with E-state index in [0.29, 0.717) is 12.1 Å². The summed E-state index contributed by atoms with van der Waals surface area (Å²) in [4.78, 5) is 0. The number of allylic oxidation sites excluding steroid dienone is 3. The molecule has 1 unspecified atom stereocenters. The predicted octanol–water partition coefficient (Wildman–Crippen LogP) is 11.0. The Morgan fingerprint density at radius 3 is 2.13 bits per heavy atom. The second-order valence-corrected chi connectivity index (χ2v) is 13.8. The molecule has 0 radical (unpaired) electrons. The van der Waals surface area contributed by atoms with Crippen LogP contribution in [-0.2, 0) is 6.54 Å². The van der Waals surface area contributed by atoms with Crippen molar-refractivity contribution in [1.82, 2.24) is 10.6 Å². The van der Waals surface area contributed by atoms with Gasteiger partial charge in [-0.2, -0.15) is 5.26 Å². The highest BCUT2D eigenvalue weighted by atomic mass is 15.0. The second kappa shape index (κ2) is 18.5. The zero-order valence-corrected chi connectivity index (χ0v) is 28.8. The summed E-state index contributed by atoms with van der Waals surface area (Å²) in [5.74, 6) is 1.07. The van der Waals surface area contributed by atoms with E-state index in [2.05, 4.69) is 127 Å². The number of nitrogens with one attached hydrogen (secondary N) is 2. The molecule has 0 saturated heterocycles. The molecule has 3 nitrogen and oxygen atoms in total. The van der Waals surface area contributed by atoms with Crippen molar-refractivity contribution in [2.24, 2.45) is 17.3 Å². The molecule has 0 heterocycles. The fourth-order valence-electron chi connectivity index (χ4n) is 4.98. The van der Waals surface area contributed by atoms with Crippen LogP contribution in [0.5, 0.6) is 0 Å². The average Bonchev–Trinajstić information content (AvgIpc) is 2.98. The van der Waals surface area contributed by atoms with E-state index in [1.165, 1.54) is 27.8 Å². The topological polar surface area (TPSA) is 47.9 Å². The molecule has 45 heavy (non-hydrogen) atoms. The van der Waals surface area contributed by atoms with Gasteiger partial charge in [-0.05, 0) is 77.5 Å². The summed E-state index contributed by atoms with van der Waals surface area (Å²) < 4.78 is 0. The third-order valence-corrected chi connectivity index (χ3v) is 7.03. The maximum Gasteiger partial charge on any atom is 0.0991 e. The van der Waals surface area contributed by atoms with Gasteiger partial charge in [0.2, 0.25) is 0 Å². The molecule has 0 fully saturated rings. The third kappa shape index (κ3) is 14.8. The van der Waals surface area contributed by atoms with Crippen LogP contribution < -0.4 is 10.6 Å². The van der Waals surface area contributed by atoms with Crippen LogP contribution in [0.25, 0.3) is 17.2 Å². The Bertz CT molecular complexity index is 1440. The van der Waals surface area contributed by atoms with E-state index in [-0.39, 0.29) is 11.3 Å². The van der Waals surface area contributed by atoms with Crippen LogP contribution in [0.4, 0.5) is 0 Å². The van der Waals surface area contributed by atoms with E-state index < -0.39 is 0 Å². The van der Waals surface area contributed by atoms with Crippen LogP contribution in [-0.4, -0.2) is 6.54 Å². The molecule has 0 saturated carbocycles. The smallest absolute Gasteiger partial charge is 0.0991 e. The maximum atomic E-state index is 9.08. The minimum atomic E-state index is 0.204. The average molecular weight is 602 g/mol. The summed E-state index contributed by atoms with van der Waals surface area (Å²) in [5, 5.41) is 16.0. The van der Waals surface area contributed by atoms with Crippen LogP contribution in [0.3, 0.4) is 0 Å². The highest BCUT2D eigenvalue weighted by Crippen LogP contribution is 2.30. The van der Waals surface area contributed by atoms with Gasteiger partial charge < -0.3 is 10.6 Å². The number of benzene rings is 3. The SMILES string of the molecule is C=C(CC(C/C=C/c1ccc(-c2ccc(C#N)cc2)c(C)c1)C(=C)NCC(=C)NCc1ccccc1)CC(C)(C)C.CC(C)C. The molecule has 0 aliphatic carbocycles. The first-order valence-electron chi connectivity index (χ1n) is 16.1. The van der Waals surface area contributed by atoms with E-state index >= 15 is 0 Å². The largest absolute Gasteiger partial charge is 0.383 e. The summed E-state index contributed by atoms with van der Waals surface area (Å²) in [7, 11) is 0. The van der Waals surface area contributed by atoms with Gasteiger partial charge in [-0.25, -0.2) is 0 Å². The molecule has 238 valence electrons. The Balaban J connectivity index is 0.00000166. The number of nitrogens with zero attached hydrogens (tertiary/aromatic N) is 1. The molecule has 3 aromatic carbocycles. The van der Waals surface area contributed by atoms with Crippen LogP contribution in [0.15, 0.2) is 116 Å². The van der Waals surface area contributed by atoms with Crippen molar-refractivity contribution in [2.75, 3.05) is 6.54 Å². The predicted molar refractivity (Wildman–Crippen MR) is 196 cm³/mol. The van der Waals surface area contributed by atoms with Gasteiger partial charge in [0.25, 0.3) is 0 Å². The van der Waals surface area contributed by atoms with Crippen LogP contribution in [0.1, 0.15) is 83.1 Å². The first kappa shape index (κ1) is 36.9. The van der Waals surface area contributed by atoms with E-state index in [9.17, 15) is 0 Å². The summed E-state index contributed by atoms with van der Waals surface area (Å²) in [6, 6.07) is 26.8. The molecule has 0 aliphatic rings. The fourth-order valence-corrected chi connectivity index (χ4v) is 4.98. The zero-order valence-electron chi connectivity index (χ0n) is 28.8. The molecular formula is C42H55N3. The molecular weight excluding hydrogens is 546 g/mol. The Kier molecular flexibility index (Phi) is 15.2. The molecule has 0 aliphatic heterocycles. The quantitative estimate of drug-likeness (QED) is 0.181. The van der Waals surface area contributed by atoms with Gasteiger partial charge in [0.15, 0.2) is 0 Å². The van der Waals surface area contributed by atoms with E-state index in [1.54, 1.807) is 0 Å². The molecule has 3 rings (SSSR count). The highest BCUT2D eigenvalue weighted by molar-refractivity contribution is 5.70. The standard InChI is InChI=1S/C38H45N3.C4H10/c1-28(24-38(5,6)7)22-36(31(4)41-26-30(3)40-27-34-12-9-8-10-13-34)15-11-14-32-18-21-37(29(2)23-32)35-19-16-33(25-39)17-20-35;1-4(2)3/h8-14,16-21,23,36,40-41H,1,3-4,15,22,24,26-27H2,2,5-7H3;4H,1-3H3/b14-11+;. The van der Waals surface area contributed by atoms with Crippen molar-refractivity contribution in [3.8, 4) is 17.2 Å². The molecule has 2 N–H and O–H groups in total. The van der Waals surface area contributed by atoms with Crippen molar-refractivity contribution < 1.29 is 0 Å². The summed E-state index contributed by atoms with van der Waals surface area (Å²) in [6.45, 7) is 29.8. The van der Waals surface area contributed by atoms with Crippen molar-refractivity contribution in [3.05, 3.63) is 138 Å². The first-order valence-corrected chi connectivity index (χ1v) is 16.1. The van der Waals surface area contributed by atoms with Gasteiger partial charge in [-0.15, -0.1) is 0 Å². The van der Waals surface area contributed by atoms with E-state index in [0.717, 1.165) is 48.7 Å². The van der Waals surface area contributed by atoms with Gasteiger partial charge in [-0.1, -0.05) is 140 Å². The normalized spacial score (nSPS) is 11.7. The Hall–Kier alpha value is -4.29. The summed E-state index contributed by atoms with van der Waals surface area (Å²) in [5.41, 5.74) is 10.00. The Morgan fingerprint density at radius 2 is 1.56 bits per heavy atom. The minimum Gasteiger partial charge on any atom is -0.383 e. The zero-order chi connectivity index (χ0) is 33.4. The van der Waals surface area contributed by atoms with Gasteiger partial charge in [0.05, 0.1) is 18.2 Å². The first-order chi connectivity index (χ1) is 21.3. The number of nitriles is 1. The van der Waals surface area contributed by atoms with Crippen LogP contribution in [0, 0.1) is 35.5 Å². The highest BCUT2D eigenvalue weighted by Gasteiger charge is 2.18. The third-order valence-electron chi connectivity index (χ3n) is 7.03. The van der Waals surface area contributed by atoms with E-state index in [4.69, 9.17) is 5.26 Å². The van der Waals surface area contributed by atoms with Gasteiger partial charge in [0.1, 0.15) is 0 Å². The van der Waals surface area contributed by atoms with Crippen LogP contribution in [0.2, 0.25) is 0 Å². The van der Waals surface area contributed by atoms with Crippen LogP contribution >= 0.6 is 0 Å². The number of hydrogen-bond acceptors (Lipinski definition) is 3. The lowest BCUT2D eigenvalue weighted by Gasteiger charge is -2.25. The fraction of sp³-hybridized carbons (Fsp3) is 0.357. The summed E-state index contributed by atoms with van der Waals surface area (Å²) >= 11 is 0. The number of aryl methyl sites for hydroxylation is 1. The van der Waals surface area contributed by atoms with Gasteiger partial charge in [-0.3, -0.25) is 0 Å². The molecule has 0 bridgehead atoms. The van der Waals surface area contributed by atoms with E-state index in [1.807, 2.05) is 42.5 Å². The van der Waals surface area contributed by atoms with Crippen molar-refractivity contribution in [2.45, 2.75) is 74.3 Å². The van der Waals surface area contributed by atoms with Crippen molar-refractivity contribution in [1.29, 1.82) is 5.26 Å². The summed E-state index contributed by atoms with van der Waals surface area (Å²) in [6.07, 6.45) is 7.20. The Labute approximate surface area is 274 Å².